The van der Waals surface area contributed by atoms with Crippen LogP contribution in [-0.4, -0.2) is 47.9 Å². The number of amides is 3. The summed E-state index contributed by atoms with van der Waals surface area (Å²) in [6, 6.07) is 10.5. The summed E-state index contributed by atoms with van der Waals surface area (Å²) < 4.78 is 5.87. The summed E-state index contributed by atoms with van der Waals surface area (Å²) in [6.45, 7) is 3.17. The summed E-state index contributed by atoms with van der Waals surface area (Å²) in [6.07, 6.45) is 0. The smallest absolute Gasteiger partial charge is 0.324 e. The monoisotopic (exact) mass is 361 g/mol. The SMILES string of the molecule is C[C@@H](C(=O)N1CCNC1=O)N(C)Cc1ccc(-c2ccc(Cl)cc2)o1. The highest BCUT2D eigenvalue weighted by atomic mass is 35.5. The molecule has 2 aromatic rings. The Morgan fingerprint density at radius 3 is 2.68 bits per heavy atom. The number of carbonyl (C=O) groups excluding carboxylic acids is 2. The largest absolute Gasteiger partial charge is 0.460 e. The summed E-state index contributed by atoms with van der Waals surface area (Å²) in [7, 11) is 1.83. The van der Waals surface area contributed by atoms with E-state index in [-0.39, 0.29) is 11.9 Å². The van der Waals surface area contributed by atoms with Crippen molar-refractivity contribution in [2.24, 2.45) is 0 Å². The lowest BCUT2D eigenvalue weighted by molar-refractivity contribution is -0.132. The first-order chi connectivity index (χ1) is 12.0. The van der Waals surface area contributed by atoms with Crippen molar-refractivity contribution in [1.82, 2.24) is 15.1 Å². The minimum Gasteiger partial charge on any atom is -0.460 e. The molecule has 0 spiro atoms. The van der Waals surface area contributed by atoms with Crippen LogP contribution in [0.15, 0.2) is 40.8 Å². The molecule has 132 valence electrons. The molecule has 0 aliphatic carbocycles. The molecule has 0 bridgehead atoms. The van der Waals surface area contributed by atoms with Gasteiger partial charge in [0, 0.05) is 23.7 Å². The van der Waals surface area contributed by atoms with Crippen LogP contribution in [0.3, 0.4) is 0 Å². The number of imide groups is 1. The van der Waals surface area contributed by atoms with Crippen molar-refractivity contribution in [2.45, 2.75) is 19.5 Å². The fraction of sp³-hybridized carbons (Fsp3) is 0.333. The highest BCUT2D eigenvalue weighted by Gasteiger charge is 2.31. The third-order valence-electron chi connectivity index (χ3n) is 4.34. The van der Waals surface area contributed by atoms with Crippen molar-refractivity contribution >= 4 is 23.5 Å². The van der Waals surface area contributed by atoms with E-state index in [4.69, 9.17) is 16.0 Å². The number of hydrogen-bond acceptors (Lipinski definition) is 4. The van der Waals surface area contributed by atoms with E-state index in [1.165, 1.54) is 4.90 Å². The lowest BCUT2D eigenvalue weighted by Crippen LogP contribution is -2.46. The Morgan fingerprint density at radius 1 is 1.32 bits per heavy atom. The topological polar surface area (TPSA) is 65.8 Å². The van der Waals surface area contributed by atoms with Gasteiger partial charge in [0.2, 0.25) is 5.91 Å². The molecule has 1 aromatic carbocycles. The van der Waals surface area contributed by atoms with E-state index in [0.717, 1.165) is 17.1 Å². The molecule has 0 unspecified atom stereocenters. The van der Waals surface area contributed by atoms with Crippen LogP contribution in [0.5, 0.6) is 0 Å². The first-order valence-corrected chi connectivity index (χ1v) is 8.47. The van der Waals surface area contributed by atoms with E-state index in [2.05, 4.69) is 5.32 Å². The van der Waals surface area contributed by atoms with E-state index < -0.39 is 6.04 Å². The highest BCUT2D eigenvalue weighted by molar-refractivity contribution is 6.30. The molecule has 1 aromatic heterocycles. The average Bonchev–Trinajstić information content (AvgIpc) is 3.23. The van der Waals surface area contributed by atoms with Gasteiger partial charge in [0.25, 0.3) is 0 Å². The van der Waals surface area contributed by atoms with E-state index in [1.807, 2.05) is 48.3 Å². The van der Waals surface area contributed by atoms with Gasteiger partial charge in [0.05, 0.1) is 12.6 Å². The molecular formula is C18H20ClN3O3. The van der Waals surface area contributed by atoms with Gasteiger partial charge in [-0.05, 0) is 50.4 Å². The molecule has 25 heavy (non-hydrogen) atoms. The standard InChI is InChI=1S/C18H20ClN3O3/c1-12(17(23)22-10-9-20-18(22)24)21(2)11-15-7-8-16(25-15)13-3-5-14(19)6-4-13/h3-8,12H,9-11H2,1-2H3,(H,20,24)/t12-/m0/s1. The number of carbonyl (C=O) groups is 2. The van der Waals surface area contributed by atoms with E-state index >= 15 is 0 Å². The van der Waals surface area contributed by atoms with Gasteiger partial charge in [-0.1, -0.05) is 11.6 Å². The normalized spacial score (nSPS) is 15.5. The Kier molecular flexibility index (Phi) is 5.11. The van der Waals surface area contributed by atoms with E-state index in [0.29, 0.717) is 24.7 Å². The first kappa shape index (κ1) is 17.5. The Labute approximate surface area is 151 Å². The molecular weight excluding hydrogens is 342 g/mol. The van der Waals surface area contributed by atoms with Gasteiger partial charge in [0.15, 0.2) is 0 Å². The van der Waals surface area contributed by atoms with Crippen molar-refractivity contribution in [3.8, 4) is 11.3 Å². The summed E-state index contributed by atoms with van der Waals surface area (Å²) in [5.41, 5.74) is 0.941. The molecule has 6 nitrogen and oxygen atoms in total. The van der Waals surface area contributed by atoms with Crippen LogP contribution in [0.25, 0.3) is 11.3 Å². The average molecular weight is 362 g/mol. The second kappa shape index (κ2) is 7.29. The van der Waals surface area contributed by atoms with Crippen LogP contribution in [-0.2, 0) is 11.3 Å². The summed E-state index contributed by atoms with van der Waals surface area (Å²) in [5, 5.41) is 3.31. The predicted molar refractivity (Wildman–Crippen MR) is 95.2 cm³/mol. The first-order valence-electron chi connectivity index (χ1n) is 8.10. The Hall–Kier alpha value is -2.31. The molecule has 1 atom stereocenters. The van der Waals surface area contributed by atoms with Gasteiger partial charge in [-0.25, -0.2) is 4.79 Å². The Balaban J connectivity index is 1.64. The maximum atomic E-state index is 12.4. The number of likely N-dealkylation sites (N-methyl/N-ethyl adjacent to an activating group) is 1. The van der Waals surface area contributed by atoms with Crippen molar-refractivity contribution in [3.05, 3.63) is 47.2 Å². The fourth-order valence-corrected chi connectivity index (χ4v) is 2.84. The lowest BCUT2D eigenvalue weighted by Gasteiger charge is -2.25. The lowest BCUT2D eigenvalue weighted by atomic mass is 10.2. The zero-order valence-corrected chi connectivity index (χ0v) is 14.9. The third kappa shape index (κ3) is 3.86. The van der Waals surface area contributed by atoms with Gasteiger partial charge < -0.3 is 9.73 Å². The fourth-order valence-electron chi connectivity index (χ4n) is 2.71. The molecule has 1 fully saturated rings. The molecule has 0 radical (unpaired) electrons. The van der Waals surface area contributed by atoms with Gasteiger partial charge in [-0.15, -0.1) is 0 Å². The summed E-state index contributed by atoms with van der Waals surface area (Å²) in [5.74, 6) is 1.29. The van der Waals surface area contributed by atoms with Gasteiger partial charge in [0.1, 0.15) is 11.5 Å². The van der Waals surface area contributed by atoms with Crippen molar-refractivity contribution in [1.29, 1.82) is 0 Å². The van der Waals surface area contributed by atoms with E-state index in [9.17, 15) is 9.59 Å². The quantitative estimate of drug-likeness (QED) is 0.889. The number of hydrogen-bond donors (Lipinski definition) is 1. The molecule has 1 saturated heterocycles. The van der Waals surface area contributed by atoms with Crippen LogP contribution in [0, 0.1) is 0 Å². The van der Waals surface area contributed by atoms with Crippen LogP contribution in [0.1, 0.15) is 12.7 Å². The van der Waals surface area contributed by atoms with Gasteiger partial charge >= 0.3 is 6.03 Å². The van der Waals surface area contributed by atoms with Gasteiger partial charge in [-0.3, -0.25) is 14.6 Å². The van der Waals surface area contributed by atoms with E-state index in [1.54, 1.807) is 6.92 Å². The number of nitrogens with zero attached hydrogens (tertiary/aromatic N) is 2. The van der Waals surface area contributed by atoms with Crippen molar-refractivity contribution in [2.75, 3.05) is 20.1 Å². The molecule has 0 saturated carbocycles. The molecule has 3 rings (SSSR count). The zero-order valence-electron chi connectivity index (χ0n) is 14.2. The number of halogens is 1. The molecule has 1 aliphatic heterocycles. The van der Waals surface area contributed by atoms with Gasteiger partial charge in [-0.2, -0.15) is 0 Å². The van der Waals surface area contributed by atoms with Crippen LogP contribution < -0.4 is 5.32 Å². The molecule has 2 heterocycles. The maximum absolute atomic E-state index is 12.4. The molecule has 7 heteroatoms. The number of furan rings is 1. The third-order valence-corrected chi connectivity index (χ3v) is 4.59. The molecule has 1 aliphatic rings. The van der Waals surface area contributed by atoms with Crippen molar-refractivity contribution in [3.63, 3.8) is 0 Å². The number of nitrogens with one attached hydrogen (secondary N) is 1. The molecule has 1 N–H and O–H groups in total. The maximum Gasteiger partial charge on any atom is 0.324 e. The highest BCUT2D eigenvalue weighted by Crippen LogP contribution is 2.24. The second-order valence-corrected chi connectivity index (χ2v) is 6.52. The predicted octanol–water partition coefficient (Wildman–Crippen LogP) is 2.97. The van der Waals surface area contributed by atoms with Crippen LogP contribution in [0.2, 0.25) is 5.02 Å². The second-order valence-electron chi connectivity index (χ2n) is 6.09. The van der Waals surface area contributed by atoms with Crippen molar-refractivity contribution < 1.29 is 14.0 Å². The minimum atomic E-state index is -0.423. The zero-order chi connectivity index (χ0) is 18.0. The minimum absolute atomic E-state index is 0.206. The van der Waals surface area contributed by atoms with Crippen LogP contribution >= 0.6 is 11.6 Å². The van der Waals surface area contributed by atoms with Crippen LogP contribution in [0.4, 0.5) is 4.79 Å². The Morgan fingerprint density at radius 2 is 2.04 bits per heavy atom. The Bertz CT molecular complexity index is 772. The summed E-state index contributed by atoms with van der Waals surface area (Å²) >= 11 is 5.90. The molecule has 3 amide bonds. The summed E-state index contributed by atoms with van der Waals surface area (Å²) in [4.78, 5) is 27.2. The number of rotatable bonds is 5. The number of urea groups is 1. The number of benzene rings is 1.